The van der Waals surface area contributed by atoms with Crippen LogP contribution in [0.1, 0.15) is 11.1 Å². The van der Waals surface area contributed by atoms with Crippen LogP contribution in [0, 0.1) is 5.82 Å². The number of carbonyl (C=O) groups excluding carboxylic acids is 1. The van der Waals surface area contributed by atoms with Crippen molar-refractivity contribution in [2.75, 3.05) is 48.0 Å². The number of rotatable bonds is 10. The first-order valence-electron chi connectivity index (χ1n) is 11.2. The topological polar surface area (TPSA) is 90.8 Å². The third-order valence-corrected chi connectivity index (χ3v) is 5.63. The minimum atomic E-state index is -0.271. The lowest BCUT2D eigenvalue weighted by atomic mass is 10.1. The molecule has 1 aliphatic heterocycles. The number of aromatic nitrogens is 2. The fraction of sp³-hybridized carbons (Fsp3) is 0.320. The van der Waals surface area contributed by atoms with Crippen molar-refractivity contribution in [3.05, 3.63) is 77.9 Å². The van der Waals surface area contributed by atoms with Gasteiger partial charge in [-0.3, -0.25) is 9.78 Å². The molecular formula is C25H28FN5O3. The first-order valence-corrected chi connectivity index (χ1v) is 11.2. The monoisotopic (exact) mass is 465 g/mol. The van der Waals surface area contributed by atoms with Gasteiger partial charge in [0, 0.05) is 32.0 Å². The summed E-state index contributed by atoms with van der Waals surface area (Å²) in [7, 11) is 0. The van der Waals surface area contributed by atoms with Gasteiger partial charge in [-0.05, 0) is 47.9 Å². The van der Waals surface area contributed by atoms with Gasteiger partial charge in [0.05, 0.1) is 31.5 Å². The Balaban J connectivity index is 1.57. The van der Waals surface area contributed by atoms with Crippen molar-refractivity contribution in [2.24, 2.45) is 0 Å². The zero-order valence-corrected chi connectivity index (χ0v) is 18.8. The van der Waals surface area contributed by atoms with Crippen molar-refractivity contribution in [2.45, 2.75) is 19.1 Å². The van der Waals surface area contributed by atoms with Gasteiger partial charge < -0.3 is 25.0 Å². The minimum absolute atomic E-state index is 0.0582. The van der Waals surface area contributed by atoms with Crippen LogP contribution < -0.4 is 15.1 Å². The van der Waals surface area contributed by atoms with Crippen LogP contribution in [0.5, 0.6) is 0 Å². The molecule has 0 bridgehead atoms. The average Bonchev–Trinajstić information content (AvgIpc) is 2.88. The van der Waals surface area contributed by atoms with Gasteiger partial charge in [0.1, 0.15) is 11.6 Å². The average molecular weight is 466 g/mol. The maximum absolute atomic E-state index is 13.5. The lowest BCUT2D eigenvalue weighted by molar-refractivity contribution is -0.107. The molecule has 0 aliphatic carbocycles. The third kappa shape index (κ3) is 6.06. The Hall–Kier alpha value is -3.56. The van der Waals surface area contributed by atoms with Crippen LogP contribution in [0.2, 0.25) is 0 Å². The highest BCUT2D eigenvalue weighted by Gasteiger charge is 2.22. The van der Waals surface area contributed by atoms with Crippen molar-refractivity contribution in [1.82, 2.24) is 9.97 Å². The first kappa shape index (κ1) is 23.6. The highest BCUT2D eigenvalue weighted by atomic mass is 19.1. The predicted octanol–water partition coefficient (Wildman–Crippen LogP) is 2.63. The van der Waals surface area contributed by atoms with Gasteiger partial charge in [-0.15, -0.1) is 0 Å². The highest BCUT2D eigenvalue weighted by molar-refractivity contribution is 5.82. The van der Waals surface area contributed by atoms with E-state index in [4.69, 9.17) is 9.72 Å². The number of ether oxygens (including phenoxy) is 1. The summed E-state index contributed by atoms with van der Waals surface area (Å²) in [6.07, 6.45) is 4.51. The molecule has 2 aromatic heterocycles. The van der Waals surface area contributed by atoms with E-state index in [1.54, 1.807) is 23.4 Å². The molecule has 9 heteroatoms. The summed E-state index contributed by atoms with van der Waals surface area (Å²) in [5, 5.41) is 12.8. The summed E-state index contributed by atoms with van der Waals surface area (Å²) in [5.41, 5.74) is 2.39. The molecule has 1 aliphatic rings. The lowest BCUT2D eigenvalue weighted by Crippen LogP contribution is -2.44. The number of nitrogens with one attached hydrogen (secondary N) is 1. The molecule has 178 valence electrons. The molecule has 0 radical (unpaired) electrons. The Bertz CT molecular complexity index is 1090. The van der Waals surface area contributed by atoms with Crippen molar-refractivity contribution in [1.29, 1.82) is 0 Å². The SMILES string of the molecule is O=CN(Cc1cccnc1)c1ccc(N2CCOC(CO)C2)nc1NCCc1cccc(F)c1. The smallest absolute Gasteiger partial charge is 0.214 e. The Labute approximate surface area is 198 Å². The molecule has 34 heavy (non-hydrogen) atoms. The number of hydrogen-bond donors (Lipinski definition) is 2. The quantitative estimate of drug-likeness (QED) is 0.445. The van der Waals surface area contributed by atoms with Gasteiger partial charge >= 0.3 is 0 Å². The molecule has 1 unspecified atom stereocenters. The van der Waals surface area contributed by atoms with E-state index in [2.05, 4.69) is 15.2 Å². The molecule has 3 aromatic rings. The van der Waals surface area contributed by atoms with Gasteiger partial charge in [0.25, 0.3) is 0 Å². The molecule has 1 atom stereocenters. The fourth-order valence-electron chi connectivity index (χ4n) is 3.90. The van der Waals surface area contributed by atoms with Crippen LogP contribution >= 0.6 is 0 Å². The number of aliphatic hydroxyl groups excluding tert-OH is 1. The molecule has 1 aromatic carbocycles. The zero-order chi connectivity index (χ0) is 23.8. The second-order valence-electron chi connectivity index (χ2n) is 8.06. The van der Waals surface area contributed by atoms with E-state index in [-0.39, 0.29) is 18.5 Å². The van der Waals surface area contributed by atoms with E-state index in [1.807, 2.05) is 30.3 Å². The van der Waals surface area contributed by atoms with Crippen molar-refractivity contribution in [3.8, 4) is 0 Å². The highest BCUT2D eigenvalue weighted by Crippen LogP contribution is 2.29. The van der Waals surface area contributed by atoms with Crippen LogP contribution in [0.25, 0.3) is 0 Å². The summed E-state index contributed by atoms with van der Waals surface area (Å²) in [4.78, 5) is 24.6. The zero-order valence-electron chi connectivity index (χ0n) is 18.8. The molecule has 1 amide bonds. The second kappa shape index (κ2) is 11.5. The van der Waals surface area contributed by atoms with E-state index in [1.165, 1.54) is 12.1 Å². The molecule has 1 saturated heterocycles. The molecule has 3 heterocycles. The van der Waals surface area contributed by atoms with Crippen LogP contribution in [0.4, 0.5) is 21.7 Å². The van der Waals surface area contributed by atoms with Crippen LogP contribution in [0.15, 0.2) is 60.9 Å². The van der Waals surface area contributed by atoms with Gasteiger partial charge in [0.2, 0.25) is 6.41 Å². The largest absolute Gasteiger partial charge is 0.394 e. The molecule has 0 spiro atoms. The Morgan fingerprint density at radius 3 is 2.88 bits per heavy atom. The van der Waals surface area contributed by atoms with Crippen LogP contribution in [-0.4, -0.2) is 60.4 Å². The number of benzene rings is 1. The van der Waals surface area contributed by atoms with Crippen molar-refractivity contribution in [3.63, 3.8) is 0 Å². The van der Waals surface area contributed by atoms with E-state index in [0.29, 0.717) is 50.7 Å². The Morgan fingerprint density at radius 2 is 2.12 bits per heavy atom. The van der Waals surface area contributed by atoms with Crippen molar-refractivity contribution >= 4 is 23.7 Å². The second-order valence-corrected chi connectivity index (χ2v) is 8.06. The number of amides is 1. The predicted molar refractivity (Wildman–Crippen MR) is 128 cm³/mol. The molecule has 0 saturated carbocycles. The Kier molecular flexibility index (Phi) is 8.00. The number of carbonyl (C=O) groups is 1. The number of pyridine rings is 2. The normalized spacial score (nSPS) is 15.7. The number of nitrogens with zero attached hydrogens (tertiary/aromatic N) is 4. The number of morpholine rings is 1. The third-order valence-electron chi connectivity index (χ3n) is 5.63. The fourth-order valence-corrected chi connectivity index (χ4v) is 3.90. The van der Waals surface area contributed by atoms with E-state index < -0.39 is 0 Å². The summed E-state index contributed by atoms with van der Waals surface area (Å²) < 4.78 is 19.1. The molecule has 1 fully saturated rings. The number of aliphatic hydroxyl groups is 1. The summed E-state index contributed by atoms with van der Waals surface area (Å²) >= 11 is 0. The molecule has 4 rings (SSSR count). The molecule has 8 nitrogen and oxygen atoms in total. The minimum Gasteiger partial charge on any atom is -0.394 e. The van der Waals surface area contributed by atoms with Gasteiger partial charge in [0.15, 0.2) is 5.82 Å². The maximum Gasteiger partial charge on any atom is 0.214 e. The first-order chi connectivity index (χ1) is 16.7. The van der Waals surface area contributed by atoms with E-state index in [0.717, 1.165) is 23.4 Å². The van der Waals surface area contributed by atoms with Crippen LogP contribution in [0.3, 0.4) is 0 Å². The van der Waals surface area contributed by atoms with E-state index >= 15 is 0 Å². The number of anilines is 3. The lowest BCUT2D eigenvalue weighted by Gasteiger charge is -2.33. The standard InChI is InChI=1S/C25H28FN5O3/c26-21-5-1-3-19(13-21)8-10-28-25-23(31(18-33)15-20-4-2-9-27-14-20)6-7-24(29-25)30-11-12-34-22(16-30)17-32/h1-7,9,13-14,18,22,32H,8,10-12,15-17H2,(H,28,29). The number of hydrogen-bond acceptors (Lipinski definition) is 7. The Morgan fingerprint density at radius 1 is 1.24 bits per heavy atom. The number of halogens is 1. The molecule has 2 N–H and O–H groups in total. The van der Waals surface area contributed by atoms with Crippen LogP contribution in [-0.2, 0) is 22.5 Å². The van der Waals surface area contributed by atoms with Gasteiger partial charge in [-0.25, -0.2) is 9.37 Å². The maximum atomic E-state index is 13.5. The van der Waals surface area contributed by atoms with Gasteiger partial charge in [-0.2, -0.15) is 0 Å². The van der Waals surface area contributed by atoms with E-state index in [9.17, 15) is 14.3 Å². The summed E-state index contributed by atoms with van der Waals surface area (Å²) in [6.45, 7) is 2.48. The summed E-state index contributed by atoms with van der Waals surface area (Å²) in [5.74, 6) is 1.01. The van der Waals surface area contributed by atoms with Crippen molar-refractivity contribution < 1.29 is 19.0 Å². The molecular weight excluding hydrogens is 437 g/mol. The summed E-state index contributed by atoms with van der Waals surface area (Å²) in [6, 6.07) is 14.0. The van der Waals surface area contributed by atoms with Gasteiger partial charge in [-0.1, -0.05) is 18.2 Å².